The number of aliphatic hydroxyl groups excluding tert-OH is 1. The third kappa shape index (κ3) is 5.18. The first-order chi connectivity index (χ1) is 17.8. The normalized spacial score (nSPS) is 16.3. The Labute approximate surface area is 218 Å². The predicted molar refractivity (Wildman–Crippen MR) is 142 cm³/mol. The van der Waals surface area contributed by atoms with E-state index in [0.717, 1.165) is 24.8 Å². The number of anilines is 1. The van der Waals surface area contributed by atoms with Crippen molar-refractivity contribution in [2.45, 2.75) is 49.0 Å². The predicted octanol–water partition coefficient (Wildman–Crippen LogP) is 4.08. The Morgan fingerprint density at radius 3 is 2.57 bits per heavy atom. The first-order valence-corrected chi connectivity index (χ1v) is 13.8. The molecule has 3 N–H and O–H groups in total. The van der Waals surface area contributed by atoms with Gasteiger partial charge in [-0.05, 0) is 61.2 Å². The molecule has 0 spiro atoms. The average molecular weight is 528 g/mol. The summed E-state index contributed by atoms with van der Waals surface area (Å²) < 4.78 is 38.7. The monoisotopic (exact) mass is 527 g/mol. The Morgan fingerprint density at radius 2 is 1.86 bits per heavy atom. The SMILES string of the molecule is CCC[C@H](CO)NS(=O)(=O)c1ccc(-c2cccc(NC(=O)C3(c4ccc5c(c4)OCO5)CC3)n2)cc1.[HH].[HH]. The minimum Gasteiger partial charge on any atom is -0.454 e. The number of nitrogens with zero attached hydrogens (tertiary/aromatic N) is 1. The molecule has 37 heavy (non-hydrogen) atoms. The number of pyridine rings is 1. The Bertz CT molecular complexity index is 1420. The van der Waals surface area contributed by atoms with Crippen LogP contribution in [0, 0.1) is 0 Å². The van der Waals surface area contributed by atoms with Crippen LogP contribution in [0.4, 0.5) is 5.82 Å². The number of hydrogen-bond acceptors (Lipinski definition) is 7. The lowest BCUT2D eigenvalue weighted by Gasteiger charge is -2.16. The van der Waals surface area contributed by atoms with Crippen LogP contribution in [-0.4, -0.2) is 43.9 Å². The standard InChI is InChI=1S/C27H29N3O6S.2H2/c1-2-4-20(16-31)30-37(33,34)21-10-7-18(8-11-21)22-5-3-6-25(28-22)29-26(32)27(13-14-27)19-9-12-23-24(15-19)36-17-35-23;;/h3,5-12,15,20,30-31H,2,4,13-14,16-17H2,1H3,(H,28,29,32);2*1H/t20-;;/m1../s1. The molecule has 2 aromatic carbocycles. The minimum absolute atomic E-state index is 0. The summed E-state index contributed by atoms with van der Waals surface area (Å²) in [5, 5.41) is 12.4. The molecular weight excluding hydrogens is 494 g/mol. The molecule has 9 nitrogen and oxygen atoms in total. The van der Waals surface area contributed by atoms with Gasteiger partial charge in [0.25, 0.3) is 0 Å². The highest BCUT2D eigenvalue weighted by Crippen LogP contribution is 2.51. The van der Waals surface area contributed by atoms with Crippen LogP contribution in [0.5, 0.6) is 11.5 Å². The molecule has 1 saturated carbocycles. The molecule has 2 heterocycles. The molecule has 5 rings (SSSR count). The lowest BCUT2D eigenvalue weighted by molar-refractivity contribution is -0.118. The average Bonchev–Trinajstić information content (AvgIpc) is 3.59. The second-order valence-electron chi connectivity index (χ2n) is 9.33. The number of benzene rings is 2. The van der Waals surface area contributed by atoms with Crippen molar-refractivity contribution < 1.29 is 30.6 Å². The molecular formula is C27H33N3O6S. The van der Waals surface area contributed by atoms with Gasteiger partial charge in [-0.1, -0.05) is 37.6 Å². The Hall–Kier alpha value is -3.47. The van der Waals surface area contributed by atoms with Crippen molar-refractivity contribution in [3.63, 3.8) is 0 Å². The van der Waals surface area contributed by atoms with E-state index in [2.05, 4.69) is 15.0 Å². The molecule has 1 aromatic heterocycles. The van der Waals surface area contributed by atoms with Gasteiger partial charge in [-0.15, -0.1) is 0 Å². The molecule has 2 aliphatic rings. The highest BCUT2D eigenvalue weighted by Gasteiger charge is 2.51. The fraction of sp³-hybridized carbons (Fsp3) is 0.333. The van der Waals surface area contributed by atoms with Crippen LogP contribution in [0.3, 0.4) is 0 Å². The maximum Gasteiger partial charge on any atom is 0.240 e. The number of hydrogen-bond donors (Lipinski definition) is 3. The number of amides is 1. The number of aromatic nitrogens is 1. The number of carbonyl (C=O) groups excluding carboxylic acids is 1. The highest BCUT2D eigenvalue weighted by molar-refractivity contribution is 7.89. The van der Waals surface area contributed by atoms with Gasteiger partial charge < -0.3 is 19.9 Å². The summed E-state index contributed by atoms with van der Waals surface area (Å²) in [6.07, 6.45) is 2.77. The summed E-state index contributed by atoms with van der Waals surface area (Å²) >= 11 is 0. The summed E-state index contributed by atoms with van der Waals surface area (Å²) in [5.74, 6) is 1.61. The van der Waals surface area contributed by atoms with E-state index in [1.807, 2.05) is 25.1 Å². The molecule has 0 saturated heterocycles. The van der Waals surface area contributed by atoms with Gasteiger partial charge in [0.05, 0.1) is 22.6 Å². The van der Waals surface area contributed by atoms with Crippen LogP contribution in [0.15, 0.2) is 65.6 Å². The number of nitrogens with one attached hydrogen (secondary N) is 2. The molecule has 198 valence electrons. The van der Waals surface area contributed by atoms with Gasteiger partial charge in [0.2, 0.25) is 22.7 Å². The molecule has 3 aromatic rings. The largest absolute Gasteiger partial charge is 0.454 e. The van der Waals surface area contributed by atoms with E-state index in [9.17, 15) is 18.3 Å². The molecule has 1 amide bonds. The summed E-state index contributed by atoms with van der Waals surface area (Å²) in [6, 6.07) is 16.7. The van der Waals surface area contributed by atoms with E-state index < -0.39 is 21.5 Å². The van der Waals surface area contributed by atoms with Crippen LogP contribution < -0.4 is 19.5 Å². The first-order valence-electron chi connectivity index (χ1n) is 12.3. The van der Waals surface area contributed by atoms with Crippen LogP contribution in [0.25, 0.3) is 11.3 Å². The summed E-state index contributed by atoms with van der Waals surface area (Å²) in [7, 11) is -3.76. The van der Waals surface area contributed by atoms with Crippen molar-refractivity contribution in [1.29, 1.82) is 0 Å². The molecule has 1 fully saturated rings. The quantitative estimate of drug-likeness (QED) is 0.363. The van der Waals surface area contributed by atoms with Gasteiger partial charge in [-0.3, -0.25) is 4.79 Å². The zero-order valence-electron chi connectivity index (χ0n) is 20.4. The maximum absolute atomic E-state index is 13.2. The first kappa shape index (κ1) is 25.2. The zero-order chi connectivity index (χ0) is 26.0. The fourth-order valence-electron chi connectivity index (χ4n) is 4.50. The number of fused-ring (bicyclic) bond motifs is 1. The van der Waals surface area contributed by atoms with E-state index in [0.29, 0.717) is 35.0 Å². The van der Waals surface area contributed by atoms with Gasteiger partial charge in [-0.25, -0.2) is 18.1 Å². The molecule has 0 radical (unpaired) electrons. The highest BCUT2D eigenvalue weighted by atomic mass is 32.2. The van der Waals surface area contributed by atoms with E-state index in [1.54, 1.807) is 30.3 Å². The van der Waals surface area contributed by atoms with Crippen molar-refractivity contribution >= 4 is 21.7 Å². The topological polar surface area (TPSA) is 127 Å². The van der Waals surface area contributed by atoms with E-state index in [1.165, 1.54) is 12.1 Å². The van der Waals surface area contributed by atoms with Crippen molar-refractivity contribution in [2.75, 3.05) is 18.7 Å². The summed E-state index contributed by atoms with van der Waals surface area (Å²) in [5.41, 5.74) is 1.57. The van der Waals surface area contributed by atoms with Crippen LogP contribution in [0.2, 0.25) is 0 Å². The second kappa shape index (κ2) is 10.1. The zero-order valence-corrected chi connectivity index (χ0v) is 21.3. The number of carbonyl (C=O) groups is 1. The third-order valence-corrected chi connectivity index (χ3v) is 8.28. The van der Waals surface area contributed by atoms with Gasteiger partial charge >= 0.3 is 0 Å². The lowest BCUT2D eigenvalue weighted by Crippen LogP contribution is -2.37. The van der Waals surface area contributed by atoms with Crippen LogP contribution >= 0.6 is 0 Å². The van der Waals surface area contributed by atoms with Gasteiger partial charge in [-0.2, -0.15) is 0 Å². The second-order valence-corrected chi connectivity index (χ2v) is 11.0. The lowest BCUT2D eigenvalue weighted by atomic mass is 9.94. The number of rotatable bonds is 10. The molecule has 0 bridgehead atoms. The van der Waals surface area contributed by atoms with Crippen molar-refractivity contribution in [1.82, 2.24) is 9.71 Å². The van der Waals surface area contributed by atoms with E-state index in [-0.39, 0.29) is 27.1 Å². The van der Waals surface area contributed by atoms with E-state index >= 15 is 0 Å². The Morgan fingerprint density at radius 1 is 1.11 bits per heavy atom. The number of sulfonamides is 1. The van der Waals surface area contributed by atoms with Crippen molar-refractivity contribution in [2.24, 2.45) is 0 Å². The molecule has 1 aliphatic heterocycles. The van der Waals surface area contributed by atoms with Gasteiger partial charge in [0.15, 0.2) is 11.5 Å². The molecule has 10 heteroatoms. The minimum atomic E-state index is -3.76. The van der Waals surface area contributed by atoms with Gasteiger partial charge in [0.1, 0.15) is 5.82 Å². The number of aliphatic hydroxyl groups is 1. The maximum atomic E-state index is 13.2. The van der Waals surface area contributed by atoms with Crippen molar-refractivity contribution in [3.05, 3.63) is 66.2 Å². The van der Waals surface area contributed by atoms with E-state index in [4.69, 9.17) is 9.47 Å². The fourth-order valence-corrected chi connectivity index (χ4v) is 5.76. The van der Waals surface area contributed by atoms with Crippen molar-refractivity contribution in [3.8, 4) is 22.8 Å². The smallest absolute Gasteiger partial charge is 0.240 e. The molecule has 1 atom stereocenters. The number of ether oxygens (including phenoxy) is 2. The molecule has 0 unspecified atom stereocenters. The Balaban J connectivity index is 0.00000210. The molecule has 1 aliphatic carbocycles. The van der Waals surface area contributed by atoms with Crippen LogP contribution in [-0.2, 0) is 20.2 Å². The summed E-state index contributed by atoms with van der Waals surface area (Å²) in [4.78, 5) is 17.9. The van der Waals surface area contributed by atoms with Crippen LogP contribution in [0.1, 0.15) is 41.0 Å². The van der Waals surface area contributed by atoms with Gasteiger partial charge in [0, 0.05) is 14.5 Å². The Kier molecular flexibility index (Phi) is 6.89. The summed E-state index contributed by atoms with van der Waals surface area (Å²) in [6.45, 7) is 1.85. The third-order valence-electron chi connectivity index (χ3n) is 6.74.